The summed E-state index contributed by atoms with van der Waals surface area (Å²) in [7, 11) is 0. The third-order valence-corrected chi connectivity index (χ3v) is 2.96. The molecule has 0 saturated carbocycles. The Bertz CT molecular complexity index is 486. The van der Waals surface area contributed by atoms with Crippen molar-refractivity contribution < 1.29 is 4.39 Å². The average Bonchev–Trinajstić information content (AvgIpc) is 2.85. The van der Waals surface area contributed by atoms with Crippen molar-refractivity contribution in [2.45, 2.75) is 12.3 Å². The highest BCUT2D eigenvalue weighted by Crippen LogP contribution is 2.22. The summed E-state index contributed by atoms with van der Waals surface area (Å²) in [6.45, 7) is 1.89. The summed E-state index contributed by atoms with van der Waals surface area (Å²) < 4.78 is 15.2. The number of fused-ring (bicyclic) bond motifs is 1. The zero-order chi connectivity index (χ0) is 10.3. The van der Waals surface area contributed by atoms with Crippen LogP contribution >= 0.6 is 0 Å². The second-order valence-electron chi connectivity index (χ2n) is 3.91. The third kappa shape index (κ3) is 1.33. The van der Waals surface area contributed by atoms with E-state index in [4.69, 9.17) is 0 Å². The van der Waals surface area contributed by atoms with E-state index in [1.54, 1.807) is 16.7 Å². The Morgan fingerprint density at radius 1 is 1.47 bits per heavy atom. The van der Waals surface area contributed by atoms with Crippen LogP contribution < -0.4 is 5.32 Å². The standard InChI is InChI=1S/C11H12FN3/c12-10-3-1-2-9-7-14-11(15(9)10)8-4-5-13-6-8/h1-3,7-8,13H,4-6H2. The van der Waals surface area contributed by atoms with E-state index in [9.17, 15) is 4.39 Å². The molecule has 0 aliphatic carbocycles. The minimum absolute atomic E-state index is 0.230. The zero-order valence-corrected chi connectivity index (χ0v) is 8.28. The van der Waals surface area contributed by atoms with E-state index in [-0.39, 0.29) is 5.95 Å². The lowest BCUT2D eigenvalue weighted by Gasteiger charge is -2.07. The molecule has 0 aromatic carbocycles. The smallest absolute Gasteiger partial charge is 0.199 e. The highest BCUT2D eigenvalue weighted by Gasteiger charge is 2.21. The zero-order valence-electron chi connectivity index (χ0n) is 8.28. The number of hydrogen-bond acceptors (Lipinski definition) is 2. The van der Waals surface area contributed by atoms with Gasteiger partial charge in [0.2, 0.25) is 0 Å². The van der Waals surface area contributed by atoms with Gasteiger partial charge < -0.3 is 5.32 Å². The second kappa shape index (κ2) is 3.31. The predicted molar refractivity (Wildman–Crippen MR) is 55.4 cm³/mol. The number of rotatable bonds is 1. The first-order valence-electron chi connectivity index (χ1n) is 5.19. The lowest BCUT2D eigenvalue weighted by atomic mass is 10.1. The van der Waals surface area contributed by atoms with E-state index in [1.165, 1.54) is 6.07 Å². The highest BCUT2D eigenvalue weighted by atomic mass is 19.1. The predicted octanol–water partition coefficient (Wildman–Crippen LogP) is 1.55. The van der Waals surface area contributed by atoms with Gasteiger partial charge in [-0.1, -0.05) is 6.07 Å². The number of imidazole rings is 1. The van der Waals surface area contributed by atoms with Gasteiger partial charge in [0.15, 0.2) is 5.95 Å². The van der Waals surface area contributed by atoms with E-state index < -0.39 is 0 Å². The fourth-order valence-electron chi connectivity index (χ4n) is 2.19. The Morgan fingerprint density at radius 2 is 2.40 bits per heavy atom. The summed E-state index contributed by atoms with van der Waals surface area (Å²) >= 11 is 0. The van der Waals surface area contributed by atoms with Crippen molar-refractivity contribution >= 4 is 5.52 Å². The molecule has 3 rings (SSSR count). The molecule has 2 aromatic heterocycles. The van der Waals surface area contributed by atoms with Gasteiger partial charge in [-0.3, -0.25) is 4.40 Å². The van der Waals surface area contributed by atoms with Crippen LogP contribution in [-0.2, 0) is 0 Å². The Kier molecular flexibility index (Phi) is 1.95. The quantitative estimate of drug-likeness (QED) is 0.716. The monoisotopic (exact) mass is 205 g/mol. The summed E-state index contributed by atoms with van der Waals surface area (Å²) in [5, 5.41) is 3.27. The molecule has 0 spiro atoms. The van der Waals surface area contributed by atoms with Crippen LogP contribution in [0.2, 0.25) is 0 Å². The molecule has 1 N–H and O–H groups in total. The molecule has 1 unspecified atom stereocenters. The first-order valence-corrected chi connectivity index (χ1v) is 5.19. The fourth-order valence-corrected chi connectivity index (χ4v) is 2.19. The van der Waals surface area contributed by atoms with Gasteiger partial charge in [0.05, 0.1) is 11.7 Å². The minimum atomic E-state index is -0.230. The SMILES string of the molecule is Fc1cccc2cnc(C3CCNC3)n12. The highest BCUT2D eigenvalue weighted by molar-refractivity contribution is 5.46. The van der Waals surface area contributed by atoms with E-state index in [0.717, 1.165) is 30.9 Å². The van der Waals surface area contributed by atoms with Gasteiger partial charge in [0.25, 0.3) is 0 Å². The van der Waals surface area contributed by atoms with Crippen LogP contribution in [0.3, 0.4) is 0 Å². The van der Waals surface area contributed by atoms with Crippen molar-refractivity contribution in [2.24, 2.45) is 0 Å². The van der Waals surface area contributed by atoms with E-state index in [2.05, 4.69) is 10.3 Å². The van der Waals surface area contributed by atoms with Gasteiger partial charge in [-0.25, -0.2) is 4.98 Å². The Hall–Kier alpha value is -1.42. The van der Waals surface area contributed by atoms with Gasteiger partial charge in [0, 0.05) is 12.5 Å². The molecule has 1 aliphatic heterocycles. The number of pyridine rings is 1. The first-order chi connectivity index (χ1) is 7.36. The second-order valence-corrected chi connectivity index (χ2v) is 3.91. The Labute approximate surface area is 86.9 Å². The number of nitrogens with one attached hydrogen (secondary N) is 1. The van der Waals surface area contributed by atoms with Crippen LogP contribution in [0.4, 0.5) is 4.39 Å². The van der Waals surface area contributed by atoms with Crippen LogP contribution in [0.25, 0.3) is 5.52 Å². The molecule has 1 aliphatic rings. The average molecular weight is 205 g/mol. The first kappa shape index (κ1) is 8.85. The molecule has 1 fully saturated rings. The summed E-state index contributed by atoms with van der Waals surface area (Å²) in [6.07, 6.45) is 2.77. The lowest BCUT2D eigenvalue weighted by Crippen LogP contribution is -2.11. The molecule has 4 heteroatoms. The van der Waals surface area contributed by atoms with Crippen molar-refractivity contribution in [3.8, 4) is 0 Å². The number of aromatic nitrogens is 2. The lowest BCUT2D eigenvalue weighted by molar-refractivity contribution is 0.546. The van der Waals surface area contributed by atoms with Crippen molar-refractivity contribution in [3.63, 3.8) is 0 Å². The van der Waals surface area contributed by atoms with E-state index >= 15 is 0 Å². The molecule has 1 atom stereocenters. The molecule has 78 valence electrons. The number of halogens is 1. The van der Waals surface area contributed by atoms with Crippen molar-refractivity contribution in [1.82, 2.24) is 14.7 Å². The topological polar surface area (TPSA) is 29.3 Å². The normalized spacial score (nSPS) is 21.3. The summed E-state index contributed by atoms with van der Waals surface area (Å²) in [5.74, 6) is 0.949. The third-order valence-electron chi connectivity index (χ3n) is 2.96. The molecule has 15 heavy (non-hydrogen) atoms. The van der Waals surface area contributed by atoms with E-state index in [0.29, 0.717) is 5.92 Å². The van der Waals surface area contributed by atoms with Crippen LogP contribution in [0.15, 0.2) is 24.4 Å². The number of nitrogens with zero attached hydrogens (tertiary/aromatic N) is 2. The molecule has 3 nitrogen and oxygen atoms in total. The maximum absolute atomic E-state index is 13.6. The van der Waals surface area contributed by atoms with Gasteiger partial charge in [-0.2, -0.15) is 4.39 Å². The molecular formula is C11H12FN3. The molecule has 3 heterocycles. The molecule has 1 saturated heterocycles. The maximum Gasteiger partial charge on any atom is 0.199 e. The van der Waals surface area contributed by atoms with Crippen molar-refractivity contribution in [3.05, 3.63) is 36.2 Å². The van der Waals surface area contributed by atoms with Gasteiger partial charge in [-0.05, 0) is 25.1 Å². The molecule has 2 aromatic rings. The van der Waals surface area contributed by atoms with Crippen molar-refractivity contribution in [1.29, 1.82) is 0 Å². The Balaban J connectivity index is 2.18. The molecule has 0 bridgehead atoms. The minimum Gasteiger partial charge on any atom is -0.316 e. The molecular weight excluding hydrogens is 193 g/mol. The van der Waals surface area contributed by atoms with Gasteiger partial charge in [-0.15, -0.1) is 0 Å². The van der Waals surface area contributed by atoms with Crippen LogP contribution in [0.5, 0.6) is 0 Å². The molecule has 0 radical (unpaired) electrons. The van der Waals surface area contributed by atoms with Crippen LogP contribution in [-0.4, -0.2) is 22.5 Å². The summed E-state index contributed by atoms with van der Waals surface area (Å²) in [6, 6.07) is 5.06. The molecule has 0 amide bonds. The van der Waals surface area contributed by atoms with Gasteiger partial charge >= 0.3 is 0 Å². The Morgan fingerprint density at radius 3 is 3.20 bits per heavy atom. The maximum atomic E-state index is 13.6. The van der Waals surface area contributed by atoms with Crippen LogP contribution in [0.1, 0.15) is 18.2 Å². The summed E-state index contributed by atoms with van der Waals surface area (Å²) in [4.78, 5) is 4.32. The van der Waals surface area contributed by atoms with Crippen LogP contribution in [0, 0.1) is 5.95 Å². The van der Waals surface area contributed by atoms with E-state index in [1.807, 2.05) is 6.07 Å². The number of hydrogen-bond donors (Lipinski definition) is 1. The fraction of sp³-hybridized carbons (Fsp3) is 0.364. The van der Waals surface area contributed by atoms with Gasteiger partial charge in [0.1, 0.15) is 5.82 Å². The summed E-state index contributed by atoms with van der Waals surface area (Å²) in [5.41, 5.74) is 0.830. The van der Waals surface area contributed by atoms with Crippen molar-refractivity contribution in [2.75, 3.05) is 13.1 Å². The largest absolute Gasteiger partial charge is 0.316 e.